The van der Waals surface area contributed by atoms with E-state index in [2.05, 4.69) is 5.10 Å². The molecule has 0 N–H and O–H groups in total. The summed E-state index contributed by atoms with van der Waals surface area (Å²) in [6.45, 7) is 0. The van der Waals surface area contributed by atoms with Crippen LogP contribution in [0.3, 0.4) is 0 Å². The summed E-state index contributed by atoms with van der Waals surface area (Å²) in [6, 6.07) is 7.73. The van der Waals surface area contributed by atoms with Gasteiger partial charge in [0.25, 0.3) is 15.6 Å². The number of fused-ring (bicyclic) bond motifs is 1. The van der Waals surface area contributed by atoms with Crippen LogP contribution in [-0.2, 0) is 24.1 Å². The molecule has 3 aromatic rings. The molecule has 0 amide bonds. The first kappa shape index (κ1) is 14.3. The quantitative estimate of drug-likeness (QED) is 0.644. The maximum Gasteiger partial charge on any atom is 0.332 e. The summed E-state index contributed by atoms with van der Waals surface area (Å²) >= 11 is 0. The van der Waals surface area contributed by atoms with Crippen molar-refractivity contribution in [3.63, 3.8) is 0 Å². The first-order chi connectivity index (χ1) is 10.3. The van der Waals surface area contributed by atoms with Gasteiger partial charge in [-0.05, 0) is 12.1 Å². The zero-order valence-corrected chi connectivity index (χ0v) is 12.6. The van der Waals surface area contributed by atoms with Crippen molar-refractivity contribution in [3.8, 4) is 0 Å². The van der Waals surface area contributed by atoms with E-state index in [0.717, 1.165) is 15.3 Å². The highest BCUT2D eigenvalue weighted by molar-refractivity contribution is 7.89. The summed E-state index contributed by atoms with van der Waals surface area (Å²) in [6.07, 6.45) is 1.12. The lowest BCUT2D eigenvalue weighted by Gasteiger charge is -2.03. The summed E-state index contributed by atoms with van der Waals surface area (Å²) in [5.74, 6) is 0. The molecule has 0 unspecified atom stereocenters. The Bertz CT molecular complexity index is 1090. The van der Waals surface area contributed by atoms with Crippen molar-refractivity contribution < 1.29 is 8.42 Å². The van der Waals surface area contributed by atoms with E-state index >= 15 is 0 Å². The molecule has 22 heavy (non-hydrogen) atoms. The van der Waals surface area contributed by atoms with Crippen molar-refractivity contribution >= 4 is 21.1 Å². The zero-order valence-electron chi connectivity index (χ0n) is 11.8. The van der Waals surface area contributed by atoms with Crippen molar-refractivity contribution in [1.82, 2.24) is 18.3 Å². The Balaban J connectivity index is 2.36. The lowest BCUT2D eigenvalue weighted by molar-refractivity contribution is 0.580. The molecule has 1 aromatic carbocycles. The second-order valence-electron chi connectivity index (χ2n) is 4.76. The number of hydrogen-bond acceptors (Lipinski definition) is 5. The molecule has 8 nitrogen and oxygen atoms in total. The molecule has 0 bridgehead atoms. The lowest BCUT2D eigenvalue weighted by Crippen LogP contribution is -2.36. The predicted octanol–water partition coefficient (Wildman–Crippen LogP) is -0.329. The molecule has 0 spiro atoms. The maximum atomic E-state index is 12.5. The van der Waals surface area contributed by atoms with Crippen molar-refractivity contribution in [2.24, 2.45) is 14.1 Å². The number of rotatable bonds is 2. The fourth-order valence-corrected chi connectivity index (χ4v) is 3.30. The van der Waals surface area contributed by atoms with Crippen molar-refractivity contribution in [3.05, 3.63) is 57.4 Å². The van der Waals surface area contributed by atoms with Crippen LogP contribution in [0.2, 0.25) is 0 Å². The van der Waals surface area contributed by atoms with Gasteiger partial charge in [-0.25, -0.2) is 4.79 Å². The number of nitrogens with zero attached hydrogens (tertiary/aromatic N) is 4. The number of aryl methyl sites for hydroxylation is 1. The van der Waals surface area contributed by atoms with Crippen LogP contribution in [0.25, 0.3) is 11.0 Å². The maximum absolute atomic E-state index is 12.5. The van der Waals surface area contributed by atoms with Crippen molar-refractivity contribution in [1.29, 1.82) is 0 Å². The van der Waals surface area contributed by atoms with E-state index in [1.54, 1.807) is 18.2 Å². The summed E-state index contributed by atoms with van der Waals surface area (Å²) in [5.41, 5.74) is -1.14. The van der Waals surface area contributed by atoms with Gasteiger partial charge in [0.1, 0.15) is 5.39 Å². The van der Waals surface area contributed by atoms with Crippen LogP contribution >= 0.6 is 0 Å². The molecule has 0 aliphatic heterocycles. The van der Waals surface area contributed by atoms with E-state index in [-0.39, 0.29) is 15.9 Å². The summed E-state index contributed by atoms with van der Waals surface area (Å²) in [5, 5.41) is 3.96. The van der Waals surface area contributed by atoms with Gasteiger partial charge in [-0.2, -0.15) is 12.5 Å². The van der Waals surface area contributed by atoms with E-state index < -0.39 is 21.3 Å². The van der Waals surface area contributed by atoms with Gasteiger partial charge in [0.2, 0.25) is 0 Å². The zero-order chi connectivity index (χ0) is 16.1. The third kappa shape index (κ3) is 1.90. The van der Waals surface area contributed by atoms with Crippen LogP contribution in [0.4, 0.5) is 0 Å². The van der Waals surface area contributed by atoms with Gasteiger partial charge < -0.3 is 0 Å². The van der Waals surface area contributed by atoms with Crippen LogP contribution in [0, 0.1) is 0 Å². The highest BCUT2D eigenvalue weighted by Crippen LogP contribution is 2.14. The number of benzene rings is 1. The van der Waals surface area contributed by atoms with E-state index in [1.807, 2.05) is 0 Å². The molecular formula is C13H12N4O4S. The topological polar surface area (TPSA) is 96.0 Å². The van der Waals surface area contributed by atoms with Crippen LogP contribution < -0.4 is 11.2 Å². The number of hydrogen-bond donors (Lipinski definition) is 0. The standard InChI is InChI=1S/C13H12N4O4S/c1-15-11-10(12(18)16(2)13(15)19)8-17(14-11)22(20,21)9-6-4-3-5-7-9/h3-8H,1-2H3. The van der Waals surface area contributed by atoms with E-state index in [1.165, 1.54) is 26.2 Å². The molecule has 3 rings (SSSR count). The fraction of sp³-hybridized carbons (Fsp3) is 0.154. The first-order valence-corrected chi connectivity index (χ1v) is 7.74. The minimum atomic E-state index is -3.92. The average molecular weight is 320 g/mol. The average Bonchev–Trinajstić information content (AvgIpc) is 2.98. The lowest BCUT2D eigenvalue weighted by atomic mass is 10.4. The molecule has 0 fully saturated rings. The van der Waals surface area contributed by atoms with Crippen molar-refractivity contribution in [2.45, 2.75) is 4.90 Å². The molecular weight excluding hydrogens is 308 g/mol. The monoisotopic (exact) mass is 320 g/mol. The third-order valence-electron chi connectivity index (χ3n) is 3.39. The Labute approximate surface area is 124 Å². The first-order valence-electron chi connectivity index (χ1n) is 6.30. The summed E-state index contributed by atoms with van der Waals surface area (Å²) in [7, 11) is -1.16. The fourth-order valence-electron chi connectivity index (χ4n) is 2.15. The van der Waals surface area contributed by atoms with Crippen LogP contribution in [0.1, 0.15) is 0 Å². The SMILES string of the molecule is Cn1c(=O)c2cn(S(=O)(=O)c3ccccc3)nc2n(C)c1=O. The van der Waals surface area contributed by atoms with Crippen LogP contribution in [-0.4, -0.2) is 26.7 Å². The predicted molar refractivity (Wildman–Crippen MR) is 79.2 cm³/mol. The highest BCUT2D eigenvalue weighted by Gasteiger charge is 2.21. The van der Waals surface area contributed by atoms with Gasteiger partial charge >= 0.3 is 5.69 Å². The largest absolute Gasteiger partial charge is 0.332 e. The van der Waals surface area contributed by atoms with Crippen LogP contribution in [0.5, 0.6) is 0 Å². The molecule has 2 heterocycles. The molecule has 0 atom stereocenters. The Morgan fingerprint density at radius 2 is 1.64 bits per heavy atom. The Morgan fingerprint density at radius 3 is 2.27 bits per heavy atom. The molecule has 0 aliphatic carbocycles. The minimum Gasteiger partial charge on any atom is -0.279 e. The molecule has 0 saturated carbocycles. The van der Waals surface area contributed by atoms with Gasteiger partial charge in [0.05, 0.1) is 11.1 Å². The van der Waals surface area contributed by atoms with Gasteiger partial charge in [0, 0.05) is 14.1 Å². The van der Waals surface area contributed by atoms with Gasteiger partial charge in [0.15, 0.2) is 5.65 Å². The van der Waals surface area contributed by atoms with E-state index in [9.17, 15) is 18.0 Å². The van der Waals surface area contributed by atoms with E-state index in [4.69, 9.17) is 0 Å². The summed E-state index contributed by atoms with van der Waals surface area (Å²) < 4.78 is 27.8. The third-order valence-corrected chi connectivity index (χ3v) is 4.94. The van der Waals surface area contributed by atoms with Gasteiger partial charge in [-0.3, -0.25) is 13.9 Å². The summed E-state index contributed by atoms with van der Waals surface area (Å²) in [4.78, 5) is 24.0. The Kier molecular flexibility index (Phi) is 3.03. The molecule has 9 heteroatoms. The van der Waals surface area contributed by atoms with Crippen LogP contribution in [0.15, 0.2) is 51.0 Å². The molecule has 0 radical (unpaired) electrons. The Morgan fingerprint density at radius 1 is 1.00 bits per heavy atom. The molecule has 2 aromatic heterocycles. The van der Waals surface area contributed by atoms with Crippen molar-refractivity contribution in [2.75, 3.05) is 0 Å². The Hall–Kier alpha value is -2.68. The van der Waals surface area contributed by atoms with E-state index in [0.29, 0.717) is 4.09 Å². The molecule has 114 valence electrons. The van der Waals surface area contributed by atoms with Gasteiger partial charge in [-0.1, -0.05) is 18.2 Å². The smallest absolute Gasteiger partial charge is 0.279 e. The minimum absolute atomic E-state index is 0.0209. The molecule has 0 saturated heterocycles. The number of aromatic nitrogens is 4. The van der Waals surface area contributed by atoms with Gasteiger partial charge in [-0.15, -0.1) is 5.10 Å². The second-order valence-corrected chi connectivity index (χ2v) is 6.56. The normalized spacial score (nSPS) is 11.9. The highest BCUT2D eigenvalue weighted by atomic mass is 32.2. The molecule has 0 aliphatic rings. The second kappa shape index (κ2) is 4.67.